The fraction of sp³-hybridized carbons (Fsp3) is 0.258. The van der Waals surface area contributed by atoms with Crippen molar-refractivity contribution in [3.8, 4) is 0 Å². The minimum atomic E-state index is -1.33. The van der Waals surface area contributed by atoms with Gasteiger partial charge in [0.2, 0.25) is 0 Å². The van der Waals surface area contributed by atoms with Gasteiger partial charge >= 0.3 is 0 Å². The number of carbonyl (C=O) groups is 2. The second-order valence-corrected chi connectivity index (χ2v) is 10.4. The van der Waals surface area contributed by atoms with Crippen molar-refractivity contribution in [2.75, 3.05) is 5.01 Å². The number of ketones is 1. The van der Waals surface area contributed by atoms with Crippen molar-refractivity contribution in [2.45, 2.75) is 33.1 Å². The van der Waals surface area contributed by atoms with E-state index < -0.39 is 10.8 Å². The van der Waals surface area contributed by atoms with E-state index in [1.807, 2.05) is 106 Å². The summed E-state index contributed by atoms with van der Waals surface area (Å²) in [5, 5.41) is 6.33. The van der Waals surface area contributed by atoms with E-state index in [1.54, 1.807) is 0 Å². The number of allylic oxidation sites excluding steroid dienone is 1. The topological polar surface area (TPSA) is 49.7 Å². The standard InChI is InChI=1S/C31H30N2O2/c1-30(2,3)28-31(29(35)33(32-28)24-17-11-6-12-18-24)26(20-19-22-13-7-4-8-14-22)25(21-27(31)34)23-15-9-5-10-16-23/h4-20,25-26H,21H2,1-3H3/b20-19+/t25-,26-,31-/m1/s1. The molecule has 1 spiro atoms. The van der Waals surface area contributed by atoms with Gasteiger partial charge in [-0.05, 0) is 29.2 Å². The Kier molecular flexibility index (Phi) is 5.76. The van der Waals surface area contributed by atoms with Crippen molar-refractivity contribution in [3.05, 3.63) is 108 Å². The lowest BCUT2D eigenvalue weighted by Crippen LogP contribution is -2.51. The molecular formula is C31H30N2O2. The number of para-hydroxylation sites is 1. The Morgan fingerprint density at radius 1 is 0.857 bits per heavy atom. The predicted molar refractivity (Wildman–Crippen MR) is 141 cm³/mol. The van der Waals surface area contributed by atoms with Gasteiger partial charge in [0.1, 0.15) is 0 Å². The maximum Gasteiger partial charge on any atom is 0.267 e. The van der Waals surface area contributed by atoms with Gasteiger partial charge < -0.3 is 0 Å². The summed E-state index contributed by atoms with van der Waals surface area (Å²) in [6.45, 7) is 6.11. The van der Waals surface area contributed by atoms with E-state index in [0.717, 1.165) is 11.1 Å². The molecular weight excluding hydrogens is 432 g/mol. The number of anilines is 1. The summed E-state index contributed by atoms with van der Waals surface area (Å²) in [5.74, 6) is -0.765. The van der Waals surface area contributed by atoms with E-state index >= 15 is 0 Å². The van der Waals surface area contributed by atoms with Crippen LogP contribution in [-0.2, 0) is 9.59 Å². The molecule has 3 aromatic rings. The first-order valence-corrected chi connectivity index (χ1v) is 12.1. The summed E-state index contributed by atoms with van der Waals surface area (Å²) in [7, 11) is 0. The zero-order chi connectivity index (χ0) is 24.6. The van der Waals surface area contributed by atoms with Crippen LogP contribution in [0, 0.1) is 16.7 Å². The molecule has 1 amide bonds. The number of hydrazone groups is 1. The highest BCUT2D eigenvalue weighted by atomic mass is 16.2. The first-order chi connectivity index (χ1) is 16.8. The van der Waals surface area contributed by atoms with Crippen molar-refractivity contribution < 1.29 is 9.59 Å². The number of Topliss-reactive ketones (excluding diaryl/α,β-unsaturated/α-hetero) is 1. The van der Waals surface area contributed by atoms with Crippen molar-refractivity contribution in [1.29, 1.82) is 0 Å². The lowest BCUT2D eigenvalue weighted by Gasteiger charge is -2.35. The van der Waals surface area contributed by atoms with Crippen LogP contribution in [-0.4, -0.2) is 17.4 Å². The molecule has 4 heteroatoms. The van der Waals surface area contributed by atoms with Crippen LogP contribution in [0.15, 0.2) is 102 Å². The van der Waals surface area contributed by atoms with Gasteiger partial charge in [-0.1, -0.05) is 112 Å². The van der Waals surface area contributed by atoms with Crippen LogP contribution in [0.5, 0.6) is 0 Å². The lowest BCUT2D eigenvalue weighted by atomic mass is 9.63. The van der Waals surface area contributed by atoms with Gasteiger partial charge in [0.25, 0.3) is 5.91 Å². The van der Waals surface area contributed by atoms with Gasteiger partial charge in [0, 0.05) is 17.8 Å². The Hall–Kier alpha value is -3.79. The van der Waals surface area contributed by atoms with Crippen LogP contribution in [0.1, 0.15) is 44.2 Å². The Morgan fingerprint density at radius 3 is 2.03 bits per heavy atom. The summed E-state index contributed by atoms with van der Waals surface area (Å²) in [6.07, 6.45) is 4.42. The number of rotatable bonds is 4. The fourth-order valence-electron chi connectivity index (χ4n) is 5.59. The molecule has 2 aliphatic rings. The number of hydrogen-bond donors (Lipinski definition) is 0. The molecule has 1 aliphatic carbocycles. The van der Waals surface area contributed by atoms with Crippen molar-refractivity contribution in [2.24, 2.45) is 21.8 Å². The van der Waals surface area contributed by atoms with Crippen LogP contribution in [0.2, 0.25) is 0 Å². The second kappa shape index (κ2) is 8.77. The van der Waals surface area contributed by atoms with Crippen molar-refractivity contribution >= 4 is 29.2 Å². The average molecular weight is 463 g/mol. The number of carbonyl (C=O) groups excluding carboxylic acids is 2. The van der Waals surface area contributed by atoms with Crippen LogP contribution in [0.25, 0.3) is 6.08 Å². The van der Waals surface area contributed by atoms with E-state index in [1.165, 1.54) is 5.01 Å². The largest absolute Gasteiger partial charge is 0.298 e. The van der Waals surface area contributed by atoms with Gasteiger partial charge in [-0.2, -0.15) is 10.1 Å². The predicted octanol–water partition coefficient (Wildman–Crippen LogP) is 6.51. The molecule has 0 unspecified atom stereocenters. The van der Waals surface area contributed by atoms with E-state index in [0.29, 0.717) is 17.8 Å². The molecule has 4 nitrogen and oxygen atoms in total. The maximum absolute atomic E-state index is 14.4. The zero-order valence-electron chi connectivity index (χ0n) is 20.4. The zero-order valence-corrected chi connectivity index (χ0v) is 20.4. The molecule has 1 aliphatic heterocycles. The molecule has 0 aromatic heterocycles. The minimum Gasteiger partial charge on any atom is -0.298 e. The normalized spacial score (nSPS) is 24.5. The smallest absolute Gasteiger partial charge is 0.267 e. The third-order valence-electron chi connectivity index (χ3n) is 7.12. The molecule has 0 N–H and O–H groups in total. The Balaban J connectivity index is 1.70. The molecule has 1 heterocycles. The Morgan fingerprint density at radius 2 is 1.43 bits per heavy atom. The van der Waals surface area contributed by atoms with Crippen LogP contribution >= 0.6 is 0 Å². The summed E-state index contributed by atoms with van der Waals surface area (Å²) < 4.78 is 0. The third kappa shape index (κ3) is 3.83. The van der Waals surface area contributed by atoms with E-state index in [-0.39, 0.29) is 23.5 Å². The first kappa shape index (κ1) is 23.0. The molecule has 1 fully saturated rings. The van der Waals surface area contributed by atoms with Gasteiger partial charge in [-0.25, -0.2) is 0 Å². The van der Waals surface area contributed by atoms with E-state index in [4.69, 9.17) is 5.10 Å². The van der Waals surface area contributed by atoms with Gasteiger partial charge in [-0.3, -0.25) is 9.59 Å². The van der Waals surface area contributed by atoms with Crippen molar-refractivity contribution in [3.63, 3.8) is 0 Å². The summed E-state index contributed by atoms with van der Waals surface area (Å²) in [5.41, 5.74) is 1.62. The number of amides is 1. The lowest BCUT2D eigenvalue weighted by molar-refractivity contribution is -0.134. The minimum absolute atomic E-state index is 0.0498. The molecule has 5 rings (SSSR count). The van der Waals surface area contributed by atoms with Gasteiger partial charge in [-0.15, -0.1) is 0 Å². The summed E-state index contributed by atoms with van der Waals surface area (Å²) >= 11 is 0. The van der Waals surface area contributed by atoms with Gasteiger partial charge in [0.05, 0.1) is 11.4 Å². The van der Waals surface area contributed by atoms with Crippen LogP contribution in [0.3, 0.4) is 0 Å². The third-order valence-corrected chi connectivity index (χ3v) is 7.12. The molecule has 1 saturated carbocycles. The van der Waals surface area contributed by atoms with Gasteiger partial charge in [0.15, 0.2) is 11.2 Å². The molecule has 0 radical (unpaired) electrons. The molecule has 0 saturated heterocycles. The Labute approximate surface area is 207 Å². The fourth-order valence-corrected chi connectivity index (χ4v) is 5.59. The average Bonchev–Trinajstić information content (AvgIpc) is 3.34. The van der Waals surface area contributed by atoms with Crippen molar-refractivity contribution in [1.82, 2.24) is 0 Å². The van der Waals surface area contributed by atoms with E-state index in [2.05, 4.69) is 18.2 Å². The highest BCUT2D eigenvalue weighted by Gasteiger charge is 2.67. The molecule has 35 heavy (non-hydrogen) atoms. The highest BCUT2D eigenvalue weighted by Crippen LogP contribution is 2.57. The highest BCUT2D eigenvalue weighted by molar-refractivity contribution is 6.34. The summed E-state index contributed by atoms with van der Waals surface area (Å²) in [4.78, 5) is 28.4. The number of benzene rings is 3. The number of hydrogen-bond acceptors (Lipinski definition) is 3. The van der Waals surface area contributed by atoms with E-state index in [9.17, 15) is 9.59 Å². The first-order valence-electron chi connectivity index (χ1n) is 12.1. The monoisotopic (exact) mass is 462 g/mol. The summed E-state index contributed by atoms with van der Waals surface area (Å²) in [6, 6.07) is 29.5. The molecule has 0 bridgehead atoms. The Bertz CT molecular complexity index is 1290. The van der Waals surface area contributed by atoms with Crippen LogP contribution in [0.4, 0.5) is 5.69 Å². The quantitative estimate of drug-likeness (QED) is 0.415. The SMILES string of the molecule is CC(C)(C)C1=NN(c2ccccc2)C(=O)[C@]12C(=O)C[C@H](c1ccccc1)[C@H]2/C=C/c1ccccc1. The number of nitrogens with zero attached hydrogens (tertiary/aromatic N) is 2. The van der Waals surface area contributed by atoms with Crippen LogP contribution < -0.4 is 5.01 Å². The molecule has 3 aromatic carbocycles. The second-order valence-electron chi connectivity index (χ2n) is 10.4. The maximum atomic E-state index is 14.4. The molecule has 3 atom stereocenters. The molecule has 176 valence electrons.